The highest BCUT2D eigenvalue weighted by atomic mass is 79.9. The Bertz CT molecular complexity index is 2010. The molecular weight excluding hydrogens is 820 g/mol. The van der Waals surface area contributed by atoms with Crippen LogP contribution in [-0.2, 0) is 43.2 Å². The number of aromatic nitrogens is 1. The minimum absolute atomic E-state index is 0.0211. The first-order chi connectivity index (χ1) is 28.6. The van der Waals surface area contributed by atoms with Crippen LogP contribution in [-0.4, -0.2) is 64.0 Å². The van der Waals surface area contributed by atoms with E-state index in [1.54, 1.807) is 26.8 Å². The maximum atomic E-state index is 12.8. The van der Waals surface area contributed by atoms with Gasteiger partial charge in [-0.1, -0.05) is 46.3 Å². The summed E-state index contributed by atoms with van der Waals surface area (Å²) in [5.41, 5.74) is 10.8. The van der Waals surface area contributed by atoms with Crippen molar-refractivity contribution in [3.8, 4) is 0 Å². The minimum atomic E-state index is -0.507. The summed E-state index contributed by atoms with van der Waals surface area (Å²) in [6.45, 7) is 8.64. The number of hydrogen-bond acceptors (Lipinski definition) is 8. The third-order valence-corrected chi connectivity index (χ3v) is 13.3. The lowest BCUT2D eigenvalue weighted by Crippen LogP contribution is -2.42. The quantitative estimate of drug-likeness (QED) is 0.173. The van der Waals surface area contributed by atoms with Gasteiger partial charge in [0.05, 0.1) is 6.04 Å². The van der Waals surface area contributed by atoms with E-state index in [-0.39, 0.29) is 41.0 Å². The van der Waals surface area contributed by atoms with Crippen molar-refractivity contribution in [3.05, 3.63) is 93.1 Å². The highest BCUT2D eigenvalue weighted by molar-refractivity contribution is 9.10. The molecule has 1 saturated heterocycles. The molecule has 7 rings (SSSR count). The molecule has 11 heteroatoms. The van der Waals surface area contributed by atoms with Crippen LogP contribution < -0.4 is 11.1 Å². The number of nitrogens with two attached hydrogens (primary N) is 1. The van der Waals surface area contributed by atoms with Crippen LogP contribution in [0.15, 0.2) is 65.1 Å². The van der Waals surface area contributed by atoms with Crippen molar-refractivity contribution in [2.45, 2.75) is 124 Å². The van der Waals surface area contributed by atoms with Crippen LogP contribution in [0, 0.1) is 36.5 Å². The molecule has 0 radical (unpaired) electrons. The number of pyridine rings is 1. The highest BCUT2D eigenvalue weighted by Crippen LogP contribution is 2.35. The summed E-state index contributed by atoms with van der Waals surface area (Å²) in [6.07, 6.45) is 11.9. The largest absolute Gasteiger partial charge is 0.384 e. The zero-order valence-corrected chi connectivity index (χ0v) is 37.4. The number of nitrogens with one attached hydrogen (secondary N) is 1. The first-order valence-electron chi connectivity index (χ1n) is 21.9. The molecule has 2 amide bonds. The average molecular weight is 884 g/mol. The SMILES string of the molecule is CC(=O)[C@@H]1CC[C@@H](Cc2cccc(Br)c2)C1.CC(=O)[C@H]1CCC(=O)C1.Cc1nc(N)ccc1CCC(=O)[C@H](C)NC(=O)[C@@H]1CC[C@@H](Cc2cccc(C(=O)N3CCC3)c2)C1. The number of Topliss-reactive ketones (excluding diaryl/α,β-unsaturated/α-hetero) is 4. The van der Waals surface area contributed by atoms with E-state index >= 15 is 0 Å². The van der Waals surface area contributed by atoms with Gasteiger partial charge in [-0.15, -0.1) is 0 Å². The standard InChI is InChI=1S/C28H36N4O3.C14H17BrO.C7H10O2/c1-18-22(10-12-26(29)30-18)9-11-25(33)19(2)31-27(34)23-8-7-21(16-23)15-20-5-3-6-24(17-20)28(35)32-13-4-14-32;1-10(16)13-6-5-12(8-13)7-11-3-2-4-14(15)9-11;1-5(8)6-2-3-7(9)4-6/h3,5-6,10,12,17,19,21,23H,4,7-9,11,13-16H2,1-2H3,(H2,29,30)(H,31,34);2-4,9,12-13H,5-8H2,1H3;6H,2-4H2,1H3/t19-,21-,23+;12-,13+;6-/m000/s1. The van der Waals surface area contributed by atoms with Gasteiger partial charge in [0.1, 0.15) is 23.2 Å². The van der Waals surface area contributed by atoms with E-state index in [2.05, 4.69) is 56.6 Å². The summed E-state index contributed by atoms with van der Waals surface area (Å²) >= 11 is 3.49. The van der Waals surface area contributed by atoms with Crippen LogP contribution in [0.25, 0.3) is 0 Å². The molecule has 1 aromatic heterocycles. The molecule has 322 valence electrons. The second-order valence-corrected chi connectivity index (χ2v) is 18.4. The van der Waals surface area contributed by atoms with Gasteiger partial charge in [-0.3, -0.25) is 28.8 Å². The van der Waals surface area contributed by atoms with Crippen LogP contribution in [0.1, 0.15) is 124 Å². The lowest BCUT2D eigenvalue weighted by Gasteiger charge is -2.31. The van der Waals surface area contributed by atoms with Crippen molar-refractivity contribution in [2.24, 2.45) is 29.6 Å². The Morgan fingerprint density at radius 2 is 1.47 bits per heavy atom. The van der Waals surface area contributed by atoms with Gasteiger partial charge in [0.25, 0.3) is 5.91 Å². The van der Waals surface area contributed by atoms with Crippen molar-refractivity contribution in [2.75, 3.05) is 18.8 Å². The Balaban J connectivity index is 0.000000222. The Morgan fingerprint density at radius 1 is 0.833 bits per heavy atom. The number of likely N-dealkylation sites (tertiary alicyclic amines) is 1. The van der Waals surface area contributed by atoms with Crippen molar-refractivity contribution < 1.29 is 28.8 Å². The van der Waals surface area contributed by atoms with E-state index in [9.17, 15) is 28.8 Å². The van der Waals surface area contributed by atoms with Gasteiger partial charge >= 0.3 is 0 Å². The van der Waals surface area contributed by atoms with Crippen LogP contribution in [0.4, 0.5) is 5.82 Å². The molecule has 1 aliphatic heterocycles. The van der Waals surface area contributed by atoms with Crippen LogP contribution in [0.5, 0.6) is 0 Å². The third-order valence-electron chi connectivity index (χ3n) is 12.8. The predicted molar refractivity (Wildman–Crippen MR) is 238 cm³/mol. The van der Waals surface area contributed by atoms with Gasteiger partial charge in [-0.05, 0) is 157 Å². The maximum Gasteiger partial charge on any atom is 0.253 e. The van der Waals surface area contributed by atoms with Crippen LogP contribution in [0.2, 0.25) is 0 Å². The third kappa shape index (κ3) is 14.0. The van der Waals surface area contributed by atoms with E-state index in [1.807, 2.05) is 36.1 Å². The van der Waals surface area contributed by atoms with Gasteiger partial charge in [-0.2, -0.15) is 0 Å². The van der Waals surface area contributed by atoms with Gasteiger partial charge in [0.2, 0.25) is 5.91 Å². The number of aryl methyl sites for hydroxylation is 2. The van der Waals surface area contributed by atoms with E-state index in [1.165, 1.54) is 12.0 Å². The summed E-state index contributed by atoms with van der Waals surface area (Å²) in [5.74, 6) is 2.79. The van der Waals surface area contributed by atoms with E-state index in [4.69, 9.17) is 5.73 Å². The number of amides is 2. The summed E-state index contributed by atoms with van der Waals surface area (Å²) in [5, 5.41) is 2.94. The molecule has 60 heavy (non-hydrogen) atoms. The monoisotopic (exact) mass is 882 g/mol. The number of carbonyl (C=O) groups excluding carboxylic acids is 6. The number of halogens is 1. The molecule has 10 nitrogen and oxygen atoms in total. The Kier molecular flexibility index (Phi) is 17.4. The van der Waals surface area contributed by atoms with Crippen LogP contribution >= 0.6 is 15.9 Å². The zero-order valence-electron chi connectivity index (χ0n) is 35.9. The van der Waals surface area contributed by atoms with Gasteiger partial charge in [0.15, 0.2) is 5.78 Å². The molecule has 0 unspecified atom stereocenters. The topological polar surface area (TPSA) is 157 Å². The molecule has 2 heterocycles. The molecule has 4 fully saturated rings. The van der Waals surface area contributed by atoms with E-state index in [0.29, 0.717) is 55.0 Å². The number of nitrogen functional groups attached to an aromatic ring is 1. The van der Waals surface area contributed by atoms with Gasteiger partial charge < -0.3 is 16.0 Å². The molecule has 3 aromatic rings. The molecule has 3 saturated carbocycles. The average Bonchev–Trinajstić information content (AvgIpc) is 3.96. The smallest absolute Gasteiger partial charge is 0.253 e. The van der Waals surface area contributed by atoms with E-state index < -0.39 is 6.04 Å². The number of hydrogen-bond donors (Lipinski definition) is 2. The van der Waals surface area contributed by atoms with Crippen molar-refractivity contribution >= 4 is 56.7 Å². The Labute approximate surface area is 364 Å². The number of rotatable bonds is 13. The molecule has 4 aliphatic rings. The number of nitrogens with zero attached hydrogens (tertiary/aromatic N) is 2. The van der Waals surface area contributed by atoms with Crippen molar-refractivity contribution in [3.63, 3.8) is 0 Å². The fraction of sp³-hybridized carbons (Fsp3) is 0.531. The summed E-state index contributed by atoms with van der Waals surface area (Å²) in [6, 6.07) is 19.5. The van der Waals surface area contributed by atoms with Crippen molar-refractivity contribution in [1.82, 2.24) is 15.2 Å². The highest BCUT2D eigenvalue weighted by Gasteiger charge is 2.32. The molecule has 0 spiro atoms. The number of carbonyl (C=O) groups is 6. The molecule has 0 bridgehead atoms. The van der Waals surface area contributed by atoms with Crippen LogP contribution in [0.3, 0.4) is 0 Å². The summed E-state index contributed by atoms with van der Waals surface area (Å²) < 4.78 is 1.14. The van der Waals surface area contributed by atoms with Gasteiger partial charge in [-0.25, -0.2) is 4.98 Å². The second kappa shape index (κ2) is 22.4. The molecule has 3 aliphatic carbocycles. The first-order valence-corrected chi connectivity index (χ1v) is 22.6. The zero-order chi connectivity index (χ0) is 43.3. The number of anilines is 1. The summed E-state index contributed by atoms with van der Waals surface area (Å²) in [7, 11) is 0. The van der Waals surface area contributed by atoms with E-state index in [0.717, 1.165) is 97.7 Å². The molecule has 3 N–H and O–H groups in total. The van der Waals surface area contributed by atoms with Gasteiger partial charge in [0, 0.05) is 65.8 Å². The fourth-order valence-corrected chi connectivity index (χ4v) is 9.36. The first kappa shape index (κ1) is 46.6. The number of ketones is 4. The maximum absolute atomic E-state index is 12.8. The normalized spacial score (nSPS) is 22.4. The second-order valence-electron chi connectivity index (χ2n) is 17.5. The Hall–Kier alpha value is -4.51. The Morgan fingerprint density at radius 3 is 2.02 bits per heavy atom. The predicted octanol–water partition coefficient (Wildman–Crippen LogP) is 8.43. The van der Waals surface area contributed by atoms with Crippen molar-refractivity contribution in [1.29, 1.82) is 0 Å². The lowest BCUT2D eigenvalue weighted by atomic mass is 9.95. The lowest BCUT2D eigenvalue weighted by molar-refractivity contribution is -0.129. The molecule has 6 atom stereocenters. The number of benzene rings is 2. The summed E-state index contributed by atoms with van der Waals surface area (Å²) in [4.78, 5) is 76.6. The minimum Gasteiger partial charge on any atom is -0.384 e. The molecular formula is C49H63BrN4O6. The fourth-order valence-electron chi connectivity index (χ4n) is 8.91. The molecule has 2 aromatic carbocycles.